The number of carbonyl (C=O) groups is 1. The Balaban J connectivity index is 2.98. The molecule has 6 heteroatoms. The Kier molecular flexibility index (Phi) is 6.39. The highest BCUT2D eigenvalue weighted by Crippen LogP contribution is 2.29. The van der Waals surface area contributed by atoms with Crippen molar-refractivity contribution in [3.05, 3.63) is 29.8 Å². The molecule has 0 spiro atoms. The second-order valence-electron chi connectivity index (χ2n) is 3.77. The van der Waals surface area contributed by atoms with Crippen molar-refractivity contribution in [2.24, 2.45) is 5.73 Å². The van der Waals surface area contributed by atoms with Crippen molar-refractivity contribution in [2.75, 3.05) is 27.6 Å². The van der Waals surface area contributed by atoms with E-state index in [1.54, 1.807) is 25.1 Å². The summed E-state index contributed by atoms with van der Waals surface area (Å²) >= 11 is 0. The Morgan fingerprint density at radius 1 is 1.30 bits per heavy atom. The van der Waals surface area contributed by atoms with Gasteiger partial charge in [-0.3, -0.25) is 0 Å². The van der Waals surface area contributed by atoms with Crippen LogP contribution in [0.2, 0.25) is 0 Å². The zero-order valence-corrected chi connectivity index (χ0v) is 11.8. The lowest BCUT2D eigenvalue weighted by molar-refractivity contribution is -0.137. The van der Waals surface area contributed by atoms with E-state index in [0.29, 0.717) is 23.7 Å². The Morgan fingerprint density at radius 2 is 2.05 bits per heavy atom. The van der Waals surface area contributed by atoms with Gasteiger partial charge in [0, 0.05) is 24.4 Å². The van der Waals surface area contributed by atoms with Crippen molar-refractivity contribution in [1.29, 1.82) is 0 Å². The number of rotatable bonds is 7. The molecule has 110 valence electrons. The minimum atomic E-state index is -0.486. The van der Waals surface area contributed by atoms with Crippen LogP contribution in [0, 0.1) is 0 Å². The maximum absolute atomic E-state index is 11.4. The molecular formula is C14H19NO5. The van der Waals surface area contributed by atoms with Crippen molar-refractivity contribution in [2.45, 2.75) is 6.92 Å². The van der Waals surface area contributed by atoms with Gasteiger partial charge in [0.25, 0.3) is 0 Å². The average molecular weight is 281 g/mol. The zero-order valence-electron chi connectivity index (χ0n) is 11.8. The van der Waals surface area contributed by atoms with Gasteiger partial charge in [0.2, 0.25) is 0 Å². The van der Waals surface area contributed by atoms with Crippen molar-refractivity contribution >= 4 is 11.7 Å². The Morgan fingerprint density at radius 3 is 2.65 bits per heavy atom. The van der Waals surface area contributed by atoms with Crippen LogP contribution >= 0.6 is 0 Å². The van der Waals surface area contributed by atoms with Gasteiger partial charge in [-0.2, -0.15) is 0 Å². The van der Waals surface area contributed by atoms with Gasteiger partial charge in [-0.15, -0.1) is 0 Å². The lowest BCUT2D eigenvalue weighted by atomic mass is 10.1. The molecule has 0 aliphatic heterocycles. The van der Waals surface area contributed by atoms with E-state index in [9.17, 15) is 4.79 Å². The summed E-state index contributed by atoms with van der Waals surface area (Å²) < 4.78 is 20.2. The number of nitrogens with two attached hydrogens (primary N) is 1. The third kappa shape index (κ3) is 4.47. The second-order valence-corrected chi connectivity index (χ2v) is 3.77. The first-order chi connectivity index (χ1) is 9.62. The van der Waals surface area contributed by atoms with Crippen LogP contribution in [0.15, 0.2) is 24.3 Å². The van der Waals surface area contributed by atoms with Crippen molar-refractivity contribution in [1.82, 2.24) is 0 Å². The molecule has 0 aromatic heterocycles. The minimum absolute atomic E-state index is 0.0846. The van der Waals surface area contributed by atoms with E-state index >= 15 is 0 Å². The molecule has 0 saturated heterocycles. The highest BCUT2D eigenvalue weighted by molar-refractivity contribution is 5.90. The smallest absolute Gasteiger partial charge is 0.332 e. The first kappa shape index (κ1) is 15.8. The van der Waals surface area contributed by atoms with Gasteiger partial charge in [0.05, 0.1) is 13.7 Å². The van der Waals surface area contributed by atoms with Crippen LogP contribution in [0.25, 0.3) is 5.70 Å². The van der Waals surface area contributed by atoms with Crippen LogP contribution in [0.4, 0.5) is 0 Å². The van der Waals surface area contributed by atoms with Gasteiger partial charge in [0.1, 0.15) is 0 Å². The molecule has 0 amide bonds. The monoisotopic (exact) mass is 281 g/mol. The van der Waals surface area contributed by atoms with Crippen LogP contribution in [-0.2, 0) is 14.3 Å². The Labute approximate surface area is 118 Å². The molecular weight excluding hydrogens is 262 g/mol. The molecule has 0 heterocycles. The SMILES string of the molecule is CCOC(=O)/C=C(\N)c1ccc(OC)c(OCOC)c1. The molecule has 0 radical (unpaired) electrons. The number of esters is 1. The second kappa shape index (κ2) is 8.06. The fraction of sp³-hybridized carbons (Fsp3) is 0.357. The van der Waals surface area contributed by atoms with Crippen LogP contribution in [0.1, 0.15) is 12.5 Å². The topological polar surface area (TPSA) is 80.0 Å². The lowest BCUT2D eigenvalue weighted by Gasteiger charge is -2.11. The van der Waals surface area contributed by atoms with E-state index in [4.69, 9.17) is 24.7 Å². The van der Waals surface area contributed by atoms with Crippen LogP contribution in [-0.4, -0.2) is 33.6 Å². The predicted molar refractivity (Wildman–Crippen MR) is 74.3 cm³/mol. The number of ether oxygens (including phenoxy) is 4. The van der Waals surface area contributed by atoms with Gasteiger partial charge in [0.15, 0.2) is 18.3 Å². The maximum atomic E-state index is 11.4. The highest BCUT2D eigenvalue weighted by Gasteiger charge is 2.08. The normalized spacial score (nSPS) is 11.1. The summed E-state index contributed by atoms with van der Waals surface area (Å²) in [5.41, 5.74) is 6.76. The summed E-state index contributed by atoms with van der Waals surface area (Å²) in [7, 11) is 3.05. The quantitative estimate of drug-likeness (QED) is 0.464. The van der Waals surface area contributed by atoms with Crippen molar-refractivity contribution in [3.63, 3.8) is 0 Å². The first-order valence-electron chi connectivity index (χ1n) is 6.06. The summed E-state index contributed by atoms with van der Waals surface area (Å²) in [6, 6.07) is 5.10. The first-order valence-corrected chi connectivity index (χ1v) is 6.06. The third-order valence-electron chi connectivity index (χ3n) is 2.39. The van der Waals surface area contributed by atoms with Gasteiger partial charge in [-0.1, -0.05) is 0 Å². The number of benzene rings is 1. The summed E-state index contributed by atoms with van der Waals surface area (Å²) in [4.78, 5) is 11.4. The molecule has 1 aromatic rings. The van der Waals surface area contributed by atoms with Crippen LogP contribution < -0.4 is 15.2 Å². The molecule has 1 rings (SSSR count). The van der Waals surface area contributed by atoms with Crippen LogP contribution in [0.3, 0.4) is 0 Å². The van der Waals surface area contributed by atoms with E-state index < -0.39 is 5.97 Å². The molecule has 0 aliphatic rings. The predicted octanol–water partition coefficient (Wildman–Crippen LogP) is 1.54. The average Bonchev–Trinajstić information content (AvgIpc) is 2.44. The Bertz CT molecular complexity index is 484. The lowest BCUT2D eigenvalue weighted by Crippen LogP contribution is -2.06. The van der Waals surface area contributed by atoms with E-state index in [2.05, 4.69) is 0 Å². The molecule has 1 aromatic carbocycles. The number of hydrogen-bond donors (Lipinski definition) is 1. The standard InChI is InChI=1S/C14H19NO5/c1-4-19-14(16)8-11(15)10-5-6-12(18-3)13(7-10)20-9-17-2/h5-8H,4,9,15H2,1-3H3/b11-8-. The fourth-order valence-electron chi connectivity index (χ4n) is 1.49. The van der Waals surface area contributed by atoms with Crippen molar-refractivity contribution < 1.29 is 23.7 Å². The largest absolute Gasteiger partial charge is 0.493 e. The third-order valence-corrected chi connectivity index (χ3v) is 2.39. The van der Waals surface area contributed by atoms with E-state index in [-0.39, 0.29) is 12.5 Å². The molecule has 0 bridgehead atoms. The van der Waals surface area contributed by atoms with E-state index in [0.717, 1.165) is 0 Å². The van der Waals surface area contributed by atoms with Gasteiger partial charge in [-0.25, -0.2) is 4.79 Å². The fourth-order valence-corrected chi connectivity index (χ4v) is 1.49. The van der Waals surface area contributed by atoms with Gasteiger partial charge in [-0.05, 0) is 25.1 Å². The highest BCUT2D eigenvalue weighted by atomic mass is 16.7. The molecule has 0 atom stereocenters. The molecule has 0 saturated carbocycles. The number of carbonyl (C=O) groups excluding carboxylic acids is 1. The molecule has 2 N–H and O–H groups in total. The van der Waals surface area contributed by atoms with Gasteiger partial charge >= 0.3 is 5.97 Å². The minimum Gasteiger partial charge on any atom is -0.493 e. The molecule has 6 nitrogen and oxygen atoms in total. The molecule has 0 aliphatic carbocycles. The number of hydrogen-bond acceptors (Lipinski definition) is 6. The molecule has 0 unspecified atom stereocenters. The maximum Gasteiger partial charge on any atom is 0.332 e. The summed E-state index contributed by atoms with van der Waals surface area (Å²) in [5.74, 6) is 0.543. The van der Waals surface area contributed by atoms with Crippen LogP contribution in [0.5, 0.6) is 11.5 Å². The molecule has 20 heavy (non-hydrogen) atoms. The van der Waals surface area contributed by atoms with Crippen molar-refractivity contribution in [3.8, 4) is 11.5 Å². The van der Waals surface area contributed by atoms with E-state index in [1.807, 2.05) is 0 Å². The molecule has 0 fully saturated rings. The summed E-state index contributed by atoms with van der Waals surface area (Å²) in [5, 5.41) is 0. The summed E-state index contributed by atoms with van der Waals surface area (Å²) in [6.45, 7) is 2.11. The summed E-state index contributed by atoms with van der Waals surface area (Å²) in [6.07, 6.45) is 1.23. The zero-order chi connectivity index (χ0) is 15.0. The van der Waals surface area contributed by atoms with E-state index in [1.165, 1.54) is 20.3 Å². The van der Waals surface area contributed by atoms with Gasteiger partial charge < -0.3 is 24.7 Å². The Hall–Kier alpha value is -2.21. The number of methoxy groups -OCH3 is 2.